The summed E-state index contributed by atoms with van der Waals surface area (Å²) in [6.07, 6.45) is 6.07. The Morgan fingerprint density at radius 2 is 1.71 bits per heavy atom. The number of ketones is 1. The molecular weight excluding hydrogens is 478 g/mol. The smallest absolute Gasteiger partial charge is 0.316 e. The van der Waals surface area contributed by atoms with Crippen molar-refractivity contribution in [1.29, 1.82) is 0 Å². The highest BCUT2D eigenvalue weighted by molar-refractivity contribution is 6.01. The van der Waals surface area contributed by atoms with Crippen LogP contribution in [-0.2, 0) is 14.3 Å². The Hall–Kier alpha value is -3.54. The molecule has 1 heterocycles. The Labute approximate surface area is 225 Å². The number of carbonyl (C=O) groups is 2. The second-order valence-corrected chi connectivity index (χ2v) is 10.7. The first-order chi connectivity index (χ1) is 18.4. The number of esters is 1. The van der Waals surface area contributed by atoms with Gasteiger partial charge in [0.15, 0.2) is 17.3 Å². The highest BCUT2D eigenvalue weighted by Gasteiger charge is 2.46. The molecule has 1 fully saturated rings. The van der Waals surface area contributed by atoms with E-state index in [0.29, 0.717) is 35.6 Å². The van der Waals surface area contributed by atoms with Crippen LogP contribution in [0.1, 0.15) is 73.5 Å². The quantitative estimate of drug-likeness (QED) is 0.468. The van der Waals surface area contributed by atoms with Gasteiger partial charge in [-0.3, -0.25) is 9.59 Å². The SMILES string of the molecule is C=C1NC2=C(C(=O)CC(c3ccc(OC)c(OC)c3)C2)C(c2ccccc2C)C1C(=O)OC1CCCCC1. The van der Waals surface area contributed by atoms with Crippen LogP contribution in [0, 0.1) is 12.8 Å². The first kappa shape index (κ1) is 26.1. The van der Waals surface area contributed by atoms with Crippen molar-refractivity contribution in [2.75, 3.05) is 14.2 Å². The Bertz CT molecular complexity index is 1270. The van der Waals surface area contributed by atoms with Crippen molar-refractivity contribution in [2.24, 2.45) is 5.92 Å². The summed E-state index contributed by atoms with van der Waals surface area (Å²) in [5, 5.41) is 3.39. The van der Waals surface area contributed by atoms with E-state index >= 15 is 0 Å². The monoisotopic (exact) mass is 515 g/mol. The van der Waals surface area contributed by atoms with Crippen LogP contribution in [0.2, 0.25) is 0 Å². The molecule has 0 saturated heterocycles. The van der Waals surface area contributed by atoms with Crippen LogP contribution < -0.4 is 14.8 Å². The molecule has 0 radical (unpaired) electrons. The first-order valence-corrected chi connectivity index (χ1v) is 13.6. The number of allylic oxidation sites excluding steroid dienone is 2. The summed E-state index contributed by atoms with van der Waals surface area (Å²) < 4.78 is 16.9. The molecule has 3 atom stereocenters. The van der Waals surface area contributed by atoms with Crippen molar-refractivity contribution in [3.63, 3.8) is 0 Å². The zero-order valence-corrected chi connectivity index (χ0v) is 22.5. The minimum absolute atomic E-state index is 0.0235. The molecule has 2 aromatic carbocycles. The van der Waals surface area contributed by atoms with E-state index in [1.807, 2.05) is 49.4 Å². The summed E-state index contributed by atoms with van der Waals surface area (Å²) in [5.41, 5.74) is 5.17. The molecule has 2 aliphatic carbocycles. The van der Waals surface area contributed by atoms with Gasteiger partial charge < -0.3 is 19.5 Å². The van der Waals surface area contributed by atoms with Crippen molar-refractivity contribution < 1.29 is 23.8 Å². The molecule has 200 valence electrons. The van der Waals surface area contributed by atoms with Crippen LogP contribution >= 0.6 is 0 Å². The van der Waals surface area contributed by atoms with Crippen LogP contribution in [-0.4, -0.2) is 32.1 Å². The van der Waals surface area contributed by atoms with Crippen molar-refractivity contribution >= 4 is 11.8 Å². The summed E-state index contributed by atoms with van der Waals surface area (Å²) in [7, 11) is 3.22. The van der Waals surface area contributed by atoms with Crippen LogP contribution in [0.3, 0.4) is 0 Å². The second kappa shape index (κ2) is 11.1. The molecule has 3 unspecified atom stereocenters. The predicted octanol–water partition coefficient (Wildman–Crippen LogP) is 6.11. The average molecular weight is 516 g/mol. The van der Waals surface area contributed by atoms with Crippen LogP contribution in [0.5, 0.6) is 11.5 Å². The van der Waals surface area contributed by atoms with Gasteiger partial charge in [0.1, 0.15) is 12.0 Å². The van der Waals surface area contributed by atoms with E-state index in [9.17, 15) is 9.59 Å². The summed E-state index contributed by atoms with van der Waals surface area (Å²) in [4.78, 5) is 27.6. The van der Waals surface area contributed by atoms with E-state index < -0.39 is 11.8 Å². The molecule has 1 saturated carbocycles. The molecule has 0 amide bonds. The molecule has 2 aromatic rings. The molecule has 5 rings (SSSR count). The number of methoxy groups -OCH3 is 2. The Kier molecular flexibility index (Phi) is 7.59. The second-order valence-electron chi connectivity index (χ2n) is 10.7. The zero-order valence-electron chi connectivity index (χ0n) is 22.5. The molecule has 0 spiro atoms. The summed E-state index contributed by atoms with van der Waals surface area (Å²) in [5.74, 6) is -0.0421. The molecule has 38 heavy (non-hydrogen) atoms. The van der Waals surface area contributed by atoms with E-state index in [1.54, 1.807) is 14.2 Å². The number of ether oxygens (including phenoxy) is 3. The van der Waals surface area contributed by atoms with Gasteiger partial charge in [0.25, 0.3) is 0 Å². The summed E-state index contributed by atoms with van der Waals surface area (Å²) >= 11 is 0. The zero-order chi connectivity index (χ0) is 26.8. The molecular formula is C32H37NO5. The highest BCUT2D eigenvalue weighted by atomic mass is 16.5. The normalized spacial score (nSPS) is 23.9. The van der Waals surface area contributed by atoms with Crippen LogP contribution in [0.25, 0.3) is 0 Å². The number of Topliss-reactive ketones (excluding diaryl/α,β-unsaturated/α-hetero) is 1. The van der Waals surface area contributed by atoms with E-state index in [4.69, 9.17) is 14.2 Å². The maximum Gasteiger partial charge on any atom is 0.316 e. The van der Waals surface area contributed by atoms with Crippen molar-refractivity contribution in [1.82, 2.24) is 5.32 Å². The van der Waals surface area contributed by atoms with Gasteiger partial charge in [0.05, 0.1) is 14.2 Å². The van der Waals surface area contributed by atoms with Crippen molar-refractivity contribution in [3.05, 3.63) is 82.7 Å². The topological polar surface area (TPSA) is 73.9 Å². The largest absolute Gasteiger partial charge is 0.493 e. The fourth-order valence-electron chi connectivity index (χ4n) is 6.36. The van der Waals surface area contributed by atoms with Gasteiger partial charge >= 0.3 is 5.97 Å². The minimum atomic E-state index is -0.654. The third-order valence-electron chi connectivity index (χ3n) is 8.33. The Morgan fingerprint density at radius 1 is 0.974 bits per heavy atom. The van der Waals surface area contributed by atoms with Gasteiger partial charge in [-0.25, -0.2) is 0 Å². The van der Waals surface area contributed by atoms with Gasteiger partial charge in [-0.1, -0.05) is 43.3 Å². The third-order valence-corrected chi connectivity index (χ3v) is 8.33. The fourth-order valence-corrected chi connectivity index (χ4v) is 6.36. The lowest BCUT2D eigenvalue weighted by Crippen LogP contribution is -2.43. The number of rotatable bonds is 6. The molecule has 6 heteroatoms. The lowest BCUT2D eigenvalue weighted by atomic mass is 9.68. The van der Waals surface area contributed by atoms with Crippen LogP contribution in [0.15, 0.2) is 66.0 Å². The molecule has 1 aliphatic heterocycles. The summed E-state index contributed by atoms with van der Waals surface area (Å²) in [6.45, 7) is 6.32. The number of hydrogen-bond acceptors (Lipinski definition) is 6. The van der Waals surface area contributed by atoms with Gasteiger partial charge in [0.2, 0.25) is 0 Å². The predicted molar refractivity (Wildman–Crippen MR) is 146 cm³/mol. The molecule has 0 aromatic heterocycles. The highest BCUT2D eigenvalue weighted by Crippen LogP contribution is 2.48. The number of aryl methyl sites for hydroxylation is 1. The maximum absolute atomic E-state index is 13.9. The standard InChI is InChI=1S/C32H37NO5/c1-19-10-8-9-13-24(19)30-29(32(35)38-23-11-6-5-7-12-23)20(2)33-25-16-22(17-26(34)31(25)30)21-14-15-27(36-3)28(18-21)37-4/h8-10,13-15,18,22-23,29-30,33H,2,5-7,11-12,16-17H2,1,3-4H3. The number of carbonyl (C=O) groups excluding carboxylic acids is 2. The number of nitrogens with one attached hydrogen (secondary N) is 1. The van der Waals surface area contributed by atoms with E-state index in [-0.39, 0.29) is 23.8 Å². The number of benzene rings is 2. The van der Waals surface area contributed by atoms with E-state index in [0.717, 1.165) is 48.1 Å². The number of hydrogen-bond donors (Lipinski definition) is 1. The van der Waals surface area contributed by atoms with Crippen molar-refractivity contribution in [3.8, 4) is 11.5 Å². The minimum Gasteiger partial charge on any atom is -0.493 e. The Balaban J connectivity index is 1.52. The lowest BCUT2D eigenvalue weighted by Gasteiger charge is -2.41. The molecule has 1 N–H and O–H groups in total. The van der Waals surface area contributed by atoms with Crippen LogP contribution in [0.4, 0.5) is 0 Å². The Morgan fingerprint density at radius 3 is 2.42 bits per heavy atom. The maximum atomic E-state index is 13.9. The van der Waals surface area contributed by atoms with Gasteiger partial charge in [0, 0.05) is 29.3 Å². The lowest BCUT2D eigenvalue weighted by molar-refractivity contribution is -0.155. The average Bonchev–Trinajstić information content (AvgIpc) is 2.92. The van der Waals surface area contributed by atoms with Gasteiger partial charge in [-0.15, -0.1) is 0 Å². The van der Waals surface area contributed by atoms with E-state index in [2.05, 4.69) is 11.9 Å². The summed E-state index contributed by atoms with van der Waals surface area (Å²) in [6, 6.07) is 13.8. The third kappa shape index (κ3) is 4.96. The van der Waals surface area contributed by atoms with E-state index in [1.165, 1.54) is 6.42 Å². The van der Waals surface area contributed by atoms with Crippen molar-refractivity contribution in [2.45, 2.75) is 69.8 Å². The molecule has 6 nitrogen and oxygen atoms in total. The molecule has 0 bridgehead atoms. The fraction of sp³-hybridized carbons (Fsp3) is 0.438. The molecule has 3 aliphatic rings. The van der Waals surface area contributed by atoms with Gasteiger partial charge in [-0.2, -0.15) is 0 Å². The first-order valence-electron chi connectivity index (χ1n) is 13.6. The van der Waals surface area contributed by atoms with Gasteiger partial charge in [-0.05, 0) is 73.8 Å².